The van der Waals surface area contributed by atoms with E-state index in [9.17, 15) is 9.59 Å². The molecule has 5 nitrogen and oxygen atoms in total. The molecule has 1 amide bonds. The summed E-state index contributed by atoms with van der Waals surface area (Å²) in [4.78, 5) is 22.2. The maximum absolute atomic E-state index is 11.4. The second-order valence-corrected chi connectivity index (χ2v) is 5.18. The maximum atomic E-state index is 11.4. The predicted octanol–water partition coefficient (Wildman–Crippen LogP) is 3.56. The van der Waals surface area contributed by atoms with E-state index in [0.29, 0.717) is 17.7 Å². The van der Waals surface area contributed by atoms with E-state index in [1.54, 1.807) is 0 Å². The Labute approximate surface area is 126 Å². The molecule has 0 bridgehead atoms. The Morgan fingerprint density at radius 2 is 1.91 bits per heavy atom. The predicted molar refractivity (Wildman–Crippen MR) is 84.0 cm³/mol. The number of para-hydroxylation sites is 1. The topological polar surface area (TPSA) is 79.5 Å². The highest BCUT2D eigenvalue weighted by Crippen LogP contribution is 2.33. The third kappa shape index (κ3) is 2.65. The smallest absolute Gasteiger partial charge is 0.303 e. The highest BCUT2D eigenvalue weighted by atomic mass is 16.4. The number of furan rings is 1. The highest BCUT2D eigenvalue weighted by Gasteiger charge is 2.13. The van der Waals surface area contributed by atoms with Crippen molar-refractivity contribution in [3.8, 4) is 0 Å². The van der Waals surface area contributed by atoms with Gasteiger partial charge in [-0.1, -0.05) is 18.2 Å². The summed E-state index contributed by atoms with van der Waals surface area (Å²) in [6.07, 6.45) is 0.330. The number of carbonyl (C=O) groups is 2. The van der Waals surface area contributed by atoms with Gasteiger partial charge in [0.15, 0.2) is 0 Å². The van der Waals surface area contributed by atoms with Gasteiger partial charge in [-0.15, -0.1) is 0 Å². The number of aliphatic carboxylic acids is 1. The van der Waals surface area contributed by atoms with E-state index < -0.39 is 5.97 Å². The zero-order chi connectivity index (χ0) is 15.7. The van der Waals surface area contributed by atoms with Crippen LogP contribution in [0, 0.1) is 0 Å². The summed E-state index contributed by atoms with van der Waals surface area (Å²) in [5.74, 6) is -1.07. The fraction of sp³-hybridized carbons (Fsp3) is 0.176. The van der Waals surface area contributed by atoms with Crippen molar-refractivity contribution in [3.63, 3.8) is 0 Å². The molecule has 5 heteroatoms. The summed E-state index contributed by atoms with van der Waals surface area (Å²) in [5, 5.41) is 13.5. The number of carbonyl (C=O) groups excluding carboxylic acids is 1. The SMILES string of the molecule is CC(=O)Nc1cc2c(cc1CCC(=O)O)oc1ccccc12. The van der Waals surface area contributed by atoms with Crippen LogP contribution in [0.15, 0.2) is 40.8 Å². The Balaban J connectivity index is 2.16. The molecule has 0 saturated heterocycles. The lowest BCUT2D eigenvalue weighted by Gasteiger charge is -2.09. The number of benzene rings is 2. The van der Waals surface area contributed by atoms with Crippen molar-refractivity contribution in [2.24, 2.45) is 0 Å². The molecule has 3 rings (SSSR count). The first-order chi connectivity index (χ1) is 10.5. The number of hydrogen-bond donors (Lipinski definition) is 2. The average Bonchev–Trinajstić information content (AvgIpc) is 2.82. The molecule has 0 atom stereocenters. The molecule has 0 aliphatic rings. The monoisotopic (exact) mass is 297 g/mol. The van der Waals surface area contributed by atoms with Gasteiger partial charge in [-0.2, -0.15) is 0 Å². The third-order valence-electron chi connectivity index (χ3n) is 3.52. The largest absolute Gasteiger partial charge is 0.481 e. The average molecular weight is 297 g/mol. The normalized spacial score (nSPS) is 11.0. The van der Waals surface area contributed by atoms with Gasteiger partial charge in [0.2, 0.25) is 5.91 Å². The first-order valence-electron chi connectivity index (χ1n) is 6.98. The zero-order valence-electron chi connectivity index (χ0n) is 12.1. The summed E-state index contributed by atoms with van der Waals surface area (Å²) in [7, 11) is 0. The molecule has 1 aromatic heterocycles. The van der Waals surface area contributed by atoms with Crippen LogP contribution in [-0.2, 0) is 16.0 Å². The second kappa shape index (κ2) is 5.52. The number of carboxylic acid groups (broad SMARTS) is 1. The third-order valence-corrected chi connectivity index (χ3v) is 3.52. The van der Waals surface area contributed by atoms with Gasteiger partial charge in [0, 0.05) is 29.8 Å². The van der Waals surface area contributed by atoms with Crippen molar-refractivity contribution in [3.05, 3.63) is 42.0 Å². The minimum atomic E-state index is -0.876. The van der Waals surface area contributed by atoms with E-state index in [4.69, 9.17) is 9.52 Å². The molecule has 0 spiro atoms. The van der Waals surface area contributed by atoms with Crippen LogP contribution in [0.3, 0.4) is 0 Å². The molecule has 2 N–H and O–H groups in total. The minimum Gasteiger partial charge on any atom is -0.481 e. The molecule has 0 fully saturated rings. The van der Waals surface area contributed by atoms with Gasteiger partial charge >= 0.3 is 5.97 Å². The Morgan fingerprint density at radius 3 is 2.64 bits per heavy atom. The first kappa shape index (κ1) is 14.1. The standard InChI is InChI=1S/C17H15NO4/c1-10(19)18-14-9-13-12-4-2-3-5-15(12)22-16(13)8-11(14)6-7-17(20)21/h2-5,8-9H,6-7H2,1H3,(H,18,19)(H,20,21). The van der Waals surface area contributed by atoms with Crippen molar-refractivity contribution >= 4 is 39.5 Å². The Hall–Kier alpha value is -2.82. The Bertz CT molecular complexity index is 879. The summed E-state index contributed by atoms with van der Waals surface area (Å²) in [6.45, 7) is 1.43. The molecule has 22 heavy (non-hydrogen) atoms. The van der Waals surface area contributed by atoms with Gasteiger partial charge in [-0.25, -0.2) is 0 Å². The molecule has 0 aliphatic heterocycles. The molecule has 2 aromatic carbocycles. The number of aryl methyl sites for hydroxylation is 1. The van der Waals surface area contributed by atoms with E-state index in [0.717, 1.165) is 21.9 Å². The van der Waals surface area contributed by atoms with Gasteiger partial charge in [0.25, 0.3) is 0 Å². The van der Waals surface area contributed by atoms with E-state index in [2.05, 4.69) is 5.32 Å². The van der Waals surface area contributed by atoms with Crippen LogP contribution < -0.4 is 5.32 Å². The summed E-state index contributed by atoms with van der Waals surface area (Å²) in [5.41, 5.74) is 2.84. The zero-order valence-corrected chi connectivity index (χ0v) is 12.1. The number of carboxylic acids is 1. The van der Waals surface area contributed by atoms with Crippen molar-refractivity contribution < 1.29 is 19.1 Å². The lowest BCUT2D eigenvalue weighted by molar-refractivity contribution is -0.136. The number of nitrogens with one attached hydrogen (secondary N) is 1. The molecular weight excluding hydrogens is 282 g/mol. The minimum absolute atomic E-state index is 0.00167. The van der Waals surface area contributed by atoms with Gasteiger partial charge in [0.05, 0.1) is 0 Å². The maximum Gasteiger partial charge on any atom is 0.303 e. The van der Waals surface area contributed by atoms with Crippen LogP contribution in [0.5, 0.6) is 0 Å². The van der Waals surface area contributed by atoms with E-state index in [1.165, 1.54) is 6.92 Å². The molecular formula is C17H15NO4. The fourth-order valence-electron chi connectivity index (χ4n) is 2.57. The molecule has 112 valence electrons. The summed E-state index contributed by atoms with van der Waals surface area (Å²) >= 11 is 0. The molecule has 3 aromatic rings. The van der Waals surface area contributed by atoms with Crippen LogP contribution in [-0.4, -0.2) is 17.0 Å². The van der Waals surface area contributed by atoms with Gasteiger partial charge in [0.1, 0.15) is 11.2 Å². The quantitative estimate of drug-likeness (QED) is 0.771. The molecule has 0 saturated carbocycles. The lowest BCUT2D eigenvalue weighted by atomic mass is 10.0. The number of amides is 1. The van der Waals surface area contributed by atoms with Crippen LogP contribution >= 0.6 is 0 Å². The molecule has 0 radical (unpaired) electrons. The van der Waals surface area contributed by atoms with Gasteiger partial charge in [-0.3, -0.25) is 9.59 Å². The molecule has 1 heterocycles. The number of anilines is 1. The molecule has 0 aliphatic carbocycles. The van der Waals surface area contributed by atoms with E-state index in [-0.39, 0.29) is 12.3 Å². The van der Waals surface area contributed by atoms with Crippen LogP contribution in [0.4, 0.5) is 5.69 Å². The molecule has 0 unspecified atom stereocenters. The first-order valence-corrected chi connectivity index (χ1v) is 6.98. The summed E-state index contributed by atoms with van der Waals surface area (Å²) in [6, 6.07) is 11.3. The van der Waals surface area contributed by atoms with Crippen molar-refractivity contribution in [2.45, 2.75) is 19.8 Å². The van der Waals surface area contributed by atoms with Crippen LogP contribution in [0.2, 0.25) is 0 Å². The van der Waals surface area contributed by atoms with Crippen LogP contribution in [0.1, 0.15) is 18.9 Å². The second-order valence-electron chi connectivity index (χ2n) is 5.18. The van der Waals surface area contributed by atoms with Crippen LogP contribution in [0.25, 0.3) is 21.9 Å². The fourth-order valence-corrected chi connectivity index (χ4v) is 2.57. The van der Waals surface area contributed by atoms with Gasteiger partial charge < -0.3 is 14.8 Å². The van der Waals surface area contributed by atoms with Crippen molar-refractivity contribution in [2.75, 3.05) is 5.32 Å². The highest BCUT2D eigenvalue weighted by molar-refractivity contribution is 6.07. The number of rotatable bonds is 4. The summed E-state index contributed by atoms with van der Waals surface area (Å²) < 4.78 is 5.80. The van der Waals surface area contributed by atoms with Gasteiger partial charge in [-0.05, 0) is 30.2 Å². The lowest BCUT2D eigenvalue weighted by Crippen LogP contribution is -2.09. The number of hydrogen-bond acceptors (Lipinski definition) is 3. The van der Waals surface area contributed by atoms with Crippen molar-refractivity contribution in [1.29, 1.82) is 0 Å². The Morgan fingerprint density at radius 1 is 1.14 bits per heavy atom. The number of fused-ring (bicyclic) bond motifs is 3. The van der Waals surface area contributed by atoms with E-state index >= 15 is 0 Å². The Kier molecular flexibility index (Phi) is 3.55. The van der Waals surface area contributed by atoms with E-state index in [1.807, 2.05) is 36.4 Å². The van der Waals surface area contributed by atoms with Crippen molar-refractivity contribution in [1.82, 2.24) is 0 Å².